The van der Waals surface area contributed by atoms with Gasteiger partial charge in [-0.05, 0) is 50.7 Å². The maximum absolute atomic E-state index is 5.03. The molecule has 0 heterocycles. The highest BCUT2D eigenvalue weighted by atomic mass is 14.9. The minimum atomic E-state index is 0.819. The summed E-state index contributed by atoms with van der Waals surface area (Å²) < 4.78 is 0. The highest BCUT2D eigenvalue weighted by Crippen LogP contribution is 2.13. The van der Waals surface area contributed by atoms with Crippen molar-refractivity contribution in [1.82, 2.24) is 5.32 Å². The van der Waals surface area contributed by atoms with Crippen LogP contribution in [0.15, 0.2) is 0 Å². The van der Waals surface area contributed by atoms with Crippen LogP contribution >= 0.6 is 0 Å². The lowest BCUT2D eigenvalue weighted by atomic mass is 9.97. The number of hydrogen-bond donors (Lipinski definition) is 2. The summed E-state index contributed by atoms with van der Waals surface area (Å²) in [5.41, 5.74) is 5.03. The van der Waals surface area contributed by atoms with Crippen LogP contribution in [-0.2, 0) is 0 Å². The monoisotopic (exact) mass is 300 g/mol. The number of nitrogens with one attached hydrogen (secondary N) is 1. The quantitative estimate of drug-likeness (QED) is 0.480. The van der Waals surface area contributed by atoms with E-state index in [1.165, 1.54) is 64.5 Å². The molecule has 130 valence electrons. The van der Waals surface area contributed by atoms with E-state index in [-0.39, 0.29) is 0 Å². The van der Waals surface area contributed by atoms with Crippen LogP contribution < -0.4 is 11.1 Å². The third-order valence-electron chi connectivity index (χ3n) is 4.24. The van der Waals surface area contributed by atoms with Gasteiger partial charge in [0.1, 0.15) is 0 Å². The van der Waals surface area contributed by atoms with Crippen molar-refractivity contribution < 1.29 is 0 Å². The van der Waals surface area contributed by atoms with Gasteiger partial charge in [-0.15, -0.1) is 0 Å². The van der Waals surface area contributed by atoms with Crippen LogP contribution in [-0.4, -0.2) is 19.6 Å². The lowest BCUT2D eigenvalue weighted by Gasteiger charge is -2.19. The lowest BCUT2D eigenvalue weighted by molar-refractivity contribution is 0.372. The summed E-state index contributed by atoms with van der Waals surface area (Å²) in [6.07, 6.45) is 12.0. The van der Waals surface area contributed by atoms with Gasteiger partial charge in [0.05, 0.1) is 0 Å². The molecule has 0 aromatic carbocycles. The molecule has 2 nitrogen and oxygen atoms in total. The van der Waals surface area contributed by atoms with Gasteiger partial charge in [-0.25, -0.2) is 0 Å². The first-order valence-electron chi connectivity index (χ1n) is 9.60. The van der Waals surface area contributed by atoms with Gasteiger partial charge in [0.25, 0.3) is 0 Å². The molecule has 0 aromatic heterocycles. The third-order valence-corrected chi connectivity index (χ3v) is 4.24. The lowest BCUT2D eigenvalue weighted by Crippen LogP contribution is -2.28. The standard InChI is InChI=1S/C16H35N.C3H9N/c1-5-9-11-15(7-3)13-17-14-16(8-4)12-10-6-2;1-2-3-4/h15-17H,5-14H2,1-4H3;2-4H2,1H3. The summed E-state index contributed by atoms with van der Waals surface area (Å²) in [6, 6.07) is 0. The molecule has 3 N–H and O–H groups in total. The van der Waals surface area contributed by atoms with E-state index in [1.54, 1.807) is 0 Å². The maximum Gasteiger partial charge on any atom is -0.00205 e. The van der Waals surface area contributed by atoms with Gasteiger partial charge in [0.15, 0.2) is 0 Å². The molecule has 0 radical (unpaired) electrons. The Labute approximate surface area is 135 Å². The first-order valence-corrected chi connectivity index (χ1v) is 9.60. The van der Waals surface area contributed by atoms with E-state index in [0.717, 1.165) is 24.8 Å². The molecule has 2 unspecified atom stereocenters. The van der Waals surface area contributed by atoms with Crippen molar-refractivity contribution in [2.75, 3.05) is 19.6 Å². The van der Waals surface area contributed by atoms with E-state index in [0.29, 0.717) is 0 Å². The summed E-state index contributed by atoms with van der Waals surface area (Å²) in [6.45, 7) is 14.6. The van der Waals surface area contributed by atoms with Crippen molar-refractivity contribution in [3.05, 3.63) is 0 Å². The fourth-order valence-corrected chi connectivity index (χ4v) is 2.38. The topological polar surface area (TPSA) is 38.0 Å². The van der Waals surface area contributed by atoms with Crippen LogP contribution in [0.4, 0.5) is 0 Å². The van der Waals surface area contributed by atoms with Gasteiger partial charge in [-0.2, -0.15) is 0 Å². The van der Waals surface area contributed by atoms with Gasteiger partial charge in [0.2, 0.25) is 0 Å². The first kappa shape index (κ1) is 23.2. The molecule has 21 heavy (non-hydrogen) atoms. The van der Waals surface area contributed by atoms with Crippen molar-refractivity contribution in [3.63, 3.8) is 0 Å². The van der Waals surface area contributed by atoms with Crippen LogP contribution in [0.5, 0.6) is 0 Å². The van der Waals surface area contributed by atoms with Crippen LogP contribution in [0.2, 0.25) is 0 Å². The Morgan fingerprint density at radius 1 is 0.714 bits per heavy atom. The van der Waals surface area contributed by atoms with E-state index in [4.69, 9.17) is 5.73 Å². The zero-order chi connectivity index (χ0) is 16.3. The van der Waals surface area contributed by atoms with Gasteiger partial charge < -0.3 is 11.1 Å². The molecule has 0 aromatic rings. The van der Waals surface area contributed by atoms with Gasteiger partial charge in [-0.3, -0.25) is 0 Å². The summed E-state index contributed by atoms with van der Waals surface area (Å²) >= 11 is 0. The highest BCUT2D eigenvalue weighted by molar-refractivity contribution is 4.65. The molecule has 0 aliphatic rings. The van der Waals surface area contributed by atoms with Crippen LogP contribution in [0, 0.1) is 11.8 Å². The molecule has 0 bridgehead atoms. The average molecular weight is 301 g/mol. The van der Waals surface area contributed by atoms with E-state index in [9.17, 15) is 0 Å². The number of rotatable bonds is 13. The number of hydrogen-bond acceptors (Lipinski definition) is 2. The number of unbranched alkanes of at least 4 members (excludes halogenated alkanes) is 2. The fraction of sp³-hybridized carbons (Fsp3) is 1.00. The van der Waals surface area contributed by atoms with Crippen molar-refractivity contribution in [3.8, 4) is 0 Å². The Morgan fingerprint density at radius 3 is 1.33 bits per heavy atom. The smallest absolute Gasteiger partial charge is 0.00205 e. The third kappa shape index (κ3) is 17.9. The van der Waals surface area contributed by atoms with Crippen LogP contribution in [0.1, 0.15) is 92.4 Å². The molecule has 2 atom stereocenters. The van der Waals surface area contributed by atoms with Gasteiger partial charge in [0, 0.05) is 0 Å². The Kier molecular flexibility index (Phi) is 22.0. The average Bonchev–Trinajstić information content (AvgIpc) is 2.53. The molecule has 0 saturated heterocycles. The Balaban J connectivity index is 0. The van der Waals surface area contributed by atoms with E-state index >= 15 is 0 Å². The summed E-state index contributed by atoms with van der Waals surface area (Å²) in [7, 11) is 0. The normalized spacial score (nSPS) is 13.4. The predicted molar refractivity (Wildman–Crippen MR) is 98.8 cm³/mol. The maximum atomic E-state index is 5.03. The minimum Gasteiger partial charge on any atom is -0.330 e. The molecule has 0 spiro atoms. The molecule has 0 fully saturated rings. The largest absolute Gasteiger partial charge is 0.330 e. The van der Waals surface area contributed by atoms with E-state index < -0.39 is 0 Å². The molecular formula is C19H44N2. The van der Waals surface area contributed by atoms with Gasteiger partial charge in [-0.1, -0.05) is 73.1 Å². The first-order chi connectivity index (χ1) is 10.2. The fourth-order valence-electron chi connectivity index (χ4n) is 2.38. The van der Waals surface area contributed by atoms with E-state index in [1.807, 2.05) is 0 Å². The van der Waals surface area contributed by atoms with Crippen molar-refractivity contribution >= 4 is 0 Å². The Hall–Kier alpha value is -0.0800. The molecular weight excluding hydrogens is 256 g/mol. The molecule has 0 aliphatic carbocycles. The molecule has 0 rings (SSSR count). The van der Waals surface area contributed by atoms with Crippen molar-refractivity contribution in [2.24, 2.45) is 17.6 Å². The number of nitrogens with two attached hydrogens (primary N) is 1. The molecule has 2 heteroatoms. The molecule has 0 amide bonds. The van der Waals surface area contributed by atoms with Crippen molar-refractivity contribution in [1.29, 1.82) is 0 Å². The Bertz CT molecular complexity index is 153. The van der Waals surface area contributed by atoms with Gasteiger partial charge >= 0.3 is 0 Å². The molecule has 0 saturated carbocycles. The summed E-state index contributed by atoms with van der Waals surface area (Å²) in [5.74, 6) is 1.80. The van der Waals surface area contributed by atoms with E-state index in [2.05, 4.69) is 39.9 Å². The zero-order valence-electron chi connectivity index (χ0n) is 15.7. The zero-order valence-corrected chi connectivity index (χ0v) is 15.7. The second-order valence-corrected chi connectivity index (χ2v) is 6.28. The summed E-state index contributed by atoms with van der Waals surface area (Å²) in [4.78, 5) is 0. The molecule has 0 aliphatic heterocycles. The van der Waals surface area contributed by atoms with Crippen LogP contribution in [0.3, 0.4) is 0 Å². The SMILES string of the molecule is CCCCC(CC)CNCC(CC)CCCC.CCCN. The minimum absolute atomic E-state index is 0.819. The second-order valence-electron chi connectivity index (χ2n) is 6.28. The highest BCUT2D eigenvalue weighted by Gasteiger charge is 2.08. The summed E-state index contributed by atoms with van der Waals surface area (Å²) in [5, 5.41) is 3.71. The Morgan fingerprint density at radius 2 is 1.10 bits per heavy atom. The van der Waals surface area contributed by atoms with Crippen molar-refractivity contribution in [2.45, 2.75) is 92.4 Å². The predicted octanol–water partition coefficient (Wildman–Crippen LogP) is 5.36. The second kappa shape index (κ2) is 19.9. The van der Waals surface area contributed by atoms with Crippen LogP contribution in [0.25, 0.3) is 0 Å².